The van der Waals surface area contributed by atoms with Crippen molar-refractivity contribution in [1.29, 1.82) is 0 Å². The first-order valence-corrected chi connectivity index (χ1v) is 8.50. The molecule has 1 aromatic rings. The highest BCUT2D eigenvalue weighted by Gasteiger charge is 2.44. The highest BCUT2D eigenvalue weighted by molar-refractivity contribution is 6.12. The molecule has 128 valence electrons. The van der Waals surface area contributed by atoms with Gasteiger partial charge >= 0.3 is 0 Å². The molecule has 0 heterocycles. The fraction of sp³-hybridized carbons (Fsp3) is 0.500. The van der Waals surface area contributed by atoms with Gasteiger partial charge in [-0.15, -0.1) is 0 Å². The van der Waals surface area contributed by atoms with E-state index >= 15 is 0 Å². The van der Waals surface area contributed by atoms with E-state index in [-0.39, 0.29) is 11.6 Å². The summed E-state index contributed by atoms with van der Waals surface area (Å²) in [4.78, 5) is 24.3. The second-order valence-electron chi connectivity index (χ2n) is 6.82. The van der Waals surface area contributed by atoms with Crippen LogP contribution in [-0.2, 0) is 16.0 Å². The summed E-state index contributed by atoms with van der Waals surface area (Å²) in [5, 5.41) is 0. The number of ketones is 2. The predicted octanol–water partition coefficient (Wildman–Crippen LogP) is 3.75. The van der Waals surface area contributed by atoms with E-state index in [9.17, 15) is 9.59 Å². The normalized spacial score (nSPS) is 21.0. The van der Waals surface area contributed by atoms with Crippen molar-refractivity contribution < 1.29 is 19.1 Å². The molecule has 2 aliphatic rings. The zero-order chi connectivity index (χ0) is 17.3. The topological polar surface area (TPSA) is 52.6 Å². The van der Waals surface area contributed by atoms with Crippen molar-refractivity contribution in [3.8, 4) is 11.5 Å². The Morgan fingerprint density at radius 2 is 1.75 bits per heavy atom. The summed E-state index contributed by atoms with van der Waals surface area (Å²) in [5.41, 5.74) is 2.65. The maximum atomic E-state index is 12.1. The van der Waals surface area contributed by atoms with Crippen molar-refractivity contribution in [2.75, 3.05) is 14.2 Å². The molecule has 0 radical (unpaired) electrons. The van der Waals surface area contributed by atoms with E-state index in [0.29, 0.717) is 19.3 Å². The summed E-state index contributed by atoms with van der Waals surface area (Å²) >= 11 is 0. The molecule has 0 bridgehead atoms. The van der Waals surface area contributed by atoms with Crippen LogP contribution in [0.4, 0.5) is 0 Å². The van der Waals surface area contributed by atoms with E-state index in [4.69, 9.17) is 9.47 Å². The molecule has 0 spiro atoms. The molecule has 1 aromatic carbocycles. The second-order valence-corrected chi connectivity index (χ2v) is 6.82. The van der Waals surface area contributed by atoms with Gasteiger partial charge in [-0.05, 0) is 49.8 Å². The third-order valence-electron chi connectivity index (χ3n) is 5.42. The Morgan fingerprint density at radius 3 is 2.38 bits per heavy atom. The second kappa shape index (κ2) is 6.42. The van der Waals surface area contributed by atoms with Gasteiger partial charge in [-0.3, -0.25) is 9.59 Å². The molecule has 3 rings (SSSR count). The maximum Gasteiger partial charge on any atom is 0.146 e. The average molecular weight is 328 g/mol. The van der Waals surface area contributed by atoms with Gasteiger partial charge in [-0.2, -0.15) is 0 Å². The number of hydrogen-bond acceptors (Lipinski definition) is 4. The van der Waals surface area contributed by atoms with Gasteiger partial charge in [-0.25, -0.2) is 0 Å². The molecule has 0 aromatic heterocycles. The van der Waals surface area contributed by atoms with Crippen LogP contribution in [-0.4, -0.2) is 25.8 Å². The van der Waals surface area contributed by atoms with Gasteiger partial charge in [0.2, 0.25) is 0 Å². The fourth-order valence-corrected chi connectivity index (χ4v) is 3.76. The van der Waals surface area contributed by atoms with Crippen LogP contribution in [0.1, 0.15) is 50.2 Å². The highest BCUT2D eigenvalue weighted by atomic mass is 16.5. The lowest BCUT2D eigenvalue weighted by atomic mass is 9.80. The van der Waals surface area contributed by atoms with Gasteiger partial charge in [-0.1, -0.05) is 6.08 Å². The van der Waals surface area contributed by atoms with Gasteiger partial charge < -0.3 is 9.47 Å². The van der Waals surface area contributed by atoms with Crippen LogP contribution in [0.25, 0.3) is 5.57 Å². The third kappa shape index (κ3) is 2.74. The minimum absolute atomic E-state index is 0.0728. The first kappa shape index (κ1) is 16.7. The Kier molecular flexibility index (Phi) is 4.48. The van der Waals surface area contributed by atoms with E-state index < -0.39 is 5.41 Å². The largest absolute Gasteiger partial charge is 0.497 e. The lowest BCUT2D eigenvalue weighted by Gasteiger charge is -2.24. The summed E-state index contributed by atoms with van der Waals surface area (Å²) < 4.78 is 10.9. The highest BCUT2D eigenvalue weighted by Crippen LogP contribution is 2.41. The molecule has 0 atom stereocenters. The molecule has 0 amide bonds. The van der Waals surface area contributed by atoms with E-state index in [1.54, 1.807) is 21.1 Å². The SMILES string of the molecule is COc1cc(OC)c2c(c1)C(=CCC1(C)C(=O)CCC1=O)CCC2. The van der Waals surface area contributed by atoms with Crippen molar-refractivity contribution in [3.05, 3.63) is 29.3 Å². The van der Waals surface area contributed by atoms with Gasteiger partial charge in [0.25, 0.3) is 0 Å². The lowest BCUT2D eigenvalue weighted by molar-refractivity contribution is -0.133. The fourth-order valence-electron chi connectivity index (χ4n) is 3.76. The molecule has 24 heavy (non-hydrogen) atoms. The number of allylic oxidation sites excluding steroid dienone is 2. The first-order chi connectivity index (χ1) is 11.5. The molecular formula is C20H24O4. The first-order valence-electron chi connectivity index (χ1n) is 8.50. The zero-order valence-electron chi connectivity index (χ0n) is 14.6. The van der Waals surface area contributed by atoms with Crippen molar-refractivity contribution in [3.63, 3.8) is 0 Å². The van der Waals surface area contributed by atoms with E-state index in [1.165, 1.54) is 11.1 Å². The number of rotatable bonds is 4. The Labute approximate surface area is 142 Å². The number of Topliss-reactive ketones (excluding diaryl/α,β-unsaturated/α-hetero) is 2. The van der Waals surface area contributed by atoms with Crippen LogP contribution in [0, 0.1) is 5.41 Å². The summed E-state index contributed by atoms with van der Waals surface area (Å²) in [7, 11) is 3.31. The maximum absolute atomic E-state index is 12.1. The molecule has 1 saturated carbocycles. The van der Waals surface area contributed by atoms with Crippen LogP contribution in [0.3, 0.4) is 0 Å². The number of fused-ring (bicyclic) bond motifs is 1. The van der Waals surface area contributed by atoms with Crippen LogP contribution in [0.5, 0.6) is 11.5 Å². The quantitative estimate of drug-likeness (QED) is 0.790. The Balaban J connectivity index is 1.97. The number of benzene rings is 1. The predicted molar refractivity (Wildman–Crippen MR) is 92.4 cm³/mol. The van der Waals surface area contributed by atoms with Crippen LogP contribution >= 0.6 is 0 Å². The van der Waals surface area contributed by atoms with Crippen LogP contribution in [0.15, 0.2) is 18.2 Å². The van der Waals surface area contributed by atoms with Gasteiger partial charge in [0.05, 0.1) is 19.6 Å². The number of ether oxygens (including phenoxy) is 2. The molecule has 2 aliphatic carbocycles. The minimum atomic E-state index is -0.840. The number of hydrogen-bond donors (Lipinski definition) is 0. The molecule has 0 aliphatic heterocycles. The average Bonchev–Trinajstić information content (AvgIpc) is 2.86. The van der Waals surface area contributed by atoms with Gasteiger partial charge in [0.15, 0.2) is 0 Å². The van der Waals surface area contributed by atoms with Gasteiger partial charge in [0, 0.05) is 24.5 Å². The summed E-state index contributed by atoms with van der Waals surface area (Å²) in [6.45, 7) is 1.79. The molecule has 0 unspecified atom stereocenters. The Morgan fingerprint density at radius 1 is 1.04 bits per heavy atom. The Bertz CT molecular complexity index is 699. The number of carbonyl (C=O) groups is 2. The third-order valence-corrected chi connectivity index (χ3v) is 5.42. The van der Waals surface area contributed by atoms with Crippen LogP contribution in [0.2, 0.25) is 0 Å². The molecule has 0 saturated heterocycles. The standard InChI is InChI=1S/C20H24O4/c1-20(18(21)7-8-19(20)22)10-9-13-5-4-6-15-16(13)11-14(23-2)12-17(15)24-3/h9,11-12H,4-8,10H2,1-3H3. The van der Waals surface area contributed by atoms with Crippen molar-refractivity contribution in [2.45, 2.75) is 45.4 Å². The van der Waals surface area contributed by atoms with E-state index in [1.807, 2.05) is 12.1 Å². The van der Waals surface area contributed by atoms with Crippen molar-refractivity contribution in [2.24, 2.45) is 5.41 Å². The molecule has 1 fully saturated rings. The molecule has 0 N–H and O–H groups in total. The lowest BCUT2D eigenvalue weighted by Crippen LogP contribution is -2.28. The van der Waals surface area contributed by atoms with E-state index in [2.05, 4.69) is 6.08 Å². The van der Waals surface area contributed by atoms with Crippen molar-refractivity contribution >= 4 is 17.1 Å². The molecule has 4 nitrogen and oxygen atoms in total. The summed E-state index contributed by atoms with van der Waals surface area (Å²) in [6, 6.07) is 3.94. The summed E-state index contributed by atoms with van der Waals surface area (Å²) in [5.74, 6) is 1.75. The Hall–Kier alpha value is -2.10. The minimum Gasteiger partial charge on any atom is -0.497 e. The zero-order valence-corrected chi connectivity index (χ0v) is 14.6. The molecular weight excluding hydrogens is 304 g/mol. The summed E-state index contributed by atoms with van der Waals surface area (Å²) in [6.07, 6.45) is 6.29. The van der Waals surface area contributed by atoms with Gasteiger partial charge in [0.1, 0.15) is 23.1 Å². The van der Waals surface area contributed by atoms with E-state index in [0.717, 1.165) is 36.3 Å². The van der Waals surface area contributed by atoms with Crippen molar-refractivity contribution in [1.82, 2.24) is 0 Å². The monoisotopic (exact) mass is 328 g/mol. The van der Waals surface area contributed by atoms with Crippen LogP contribution < -0.4 is 9.47 Å². The number of carbonyl (C=O) groups excluding carboxylic acids is 2. The number of methoxy groups -OCH3 is 2. The smallest absolute Gasteiger partial charge is 0.146 e. The molecule has 4 heteroatoms.